The van der Waals surface area contributed by atoms with Crippen LogP contribution in [0.25, 0.3) is 11.1 Å². The number of ketones is 1. The van der Waals surface area contributed by atoms with E-state index in [9.17, 15) is 4.79 Å². The molecule has 0 radical (unpaired) electrons. The van der Waals surface area contributed by atoms with Crippen LogP contribution in [0.1, 0.15) is 6.42 Å². The van der Waals surface area contributed by atoms with Crippen molar-refractivity contribution >= 4 is 16.9 Å². The number of rotatable bonds is 0. The summed E-state index contributed by atoms with van der Waals surface area (Å²) in [5.74, 6) is 0.0928. The molecule has 3 nitrogen and oxygen atoms in total. The van der Waals surface area contributed by atoms with Crippen LogP contribution in [0, 0.1) is 0 Å². The Labute approximate surface area is 127 Å². The van der Waals surface area contributed by atoms with Crippen molar-refractivity contribution in [1.29, 1.82) is 0 Å². The molecule has 106 valence electrons. The van der Waals surface area contributed by atoms with Gasteiger partial charge in [-0.15, -0.1) is 0 Å². The van der Waals surface area contributed by atoms with Gasteiger partial charge in [0.1, 0.15) is 0 Å². The lowest BCUT2D eigenvalue weighted by Gasteiger charge is -2.29. The Kier molecular flexibility index (Phi) is 2.09. The van der Waals surface area contributed by atoms with E-state index in [1.54, 1.807) is 0 Å². The second-order valence-corrected chi connectivity index (χ2v) is 5.98. The topological polar surface area (TPSA) is 55.1 Å². The number of carbonyl (C=O) groups is 1. The Morgan fingerprint density at radius 2 is 1.86 bits per heavy atom. The maximum absolute atomic E-state index is 13.0. The summed E-state index contributed by atoms with van der Waals surface area (Å²) >= 11 is 0. The largest absolute Gasteiger partial charge is 0.401 e. The van der Waals surface area contributed by atoms with E-state index in [0.29, 0.717) is 12.2 Å². The Morgan fingerprint density at radius 3 is 2.73 bits per heavy atom. The molecule has 4 aliphatic rings. The SMILES string of the molecule is NC1=CC2=C(NC1)C(=O)C1=c3ccccc3=C3C=CCC2=C31. The molecule has 0 bridgehead atoms. The first-order chi connectivity index (χ1) is 10.8. The molecule has 0 saturated carbocycles. The third kappa shape index (κ3) is 1.29. The molecule has 3 aliphatic carbocycles. The minimum absolute atomic E-state index is 0.0928. The number of benzene rings is 1. The minimum Gasteiger partial charge on any atom is -0.401 e. The molecule has 1 heterocycles. The molecule has 0 saturated heterocycles. The predicted molar refractivity (Wildman–Crippen MR) is 85.6 cm³/mol. The lowest BCUT2D eigenvalue weighted by atomic mass is 9.78. The molecule has 0 atom stereocenters. The fourth-order valence-electron chi connectivity index (χ4n) is 3.86. The summed E-state index contributed by atoms with van der Waals surface area (Å²) < 4.78 is 0. The molecular formula is C19H14N2O. The number of dihydropyridines is 1. The van der Waals surface area contributed by atoms with Gasteiger partial charge in [0.15, 0.2) is 0 Å². The zero-order valence-electron chi connectivity index (χ0n) is 11.9. The van der Waals surface area contributed by atoms with Crippen LogP contribution in [0.2, 0.25) is 0 Å². The molecule has 0 aromatic heterocycles. The lowest BCUT2D eigenvalue weighted by Crippen LogP contribution is -2.35. The molecule has 3 N–H and O–H groups in total. The van der Waals surface area contributed by atoms with E-state index in [-0.39, 0.29) is 5.78 Å². The third-order valence-electron chi connectivity index (χ3n) is 4.76. The van der Waals surface area contributed by atoms with Crippen LogP contribution in [0.15, 0.2) is 70.6 Å². The van der Waals surface area contributed by atoms with Gasteiger partial charge in [0.25, 0.3) is 0 Å². The monoisotopic (exact) mass is 286 g/mol. The fraction of sp³-hybridized carbons (Fsp3) is 0.105. The standard InChI is InChI=1S/C19H14N2O/c20-10-8-15-14-7-3-6-12-11-4-1-2-5-13(11)17(16(12)14)19(22)18(15)21-9-10/h1-6,8,21H,7,9,20H2. The summed E-state index contributed by atoms with van der Waals surface area (Å²) in [5, 5.41) is 5.43. The van der Waals surface area contributed by atoms with E-state index in [0.717, 1.165) is 39.3 Å². The van der Waals surface area contributed by atoms with E-state index in [1.807, 2.05) is 24.3 Å². The number of carbonyl (C=O) groups excluding carboxylic acids is 1. The van der Waals surface area contributed by atoms with E-state index in [2.05, 4.69) is 23.5 Å². The van der Waals surface area contributed by atoms with Crippen molar-refractivity contribution in [1.82, 2.24) is 5.32 Å². The number of nitrogens with two attached hydrogens (primary N) is 1. The van der Waals surface area contributed by atoms with Crippen molar-refractivity contribution in [3.8, 4) is 0 Å². The summed E-state index contributed by atoms with van der Waals surface area (Å²) in [6.45, 7) is 0.536. The molecule has 22 heavy (non-hydrogen) atoms. The lowest BCUT2D eigenvalue weighted by molar-refractivity contribution is -0.111. The Bertz CT molecular complexity index is 1020. The maximum Gasteiger partial charge on any atom is 0.210 e. The average molecular weight is 286 g/mol. The van der Waals surface area contributed by atoms with Gasteiger partial charge in [-0.25, -0.2) is 0 Å². The number of hydrogen-bond acceptors (Lipinski definition) is 3. The highest BCUT2D eigenvalue weighted by Gasteiger charge is 2.37. The molecule has 0 spiro atoms. The molecule has 1 aliphatic heterocycles. The molecule has 3 heteroatoms. The summed E-state index contributed by atoms with van der Waals surface area (Å²) in [6, 6.07) is 8.17. The van der Waals surface area contributed by atoms with Crippen molar-refractivity contribution < 1.29 is 4.79 Å². The second-order valence-electron chi connectivity index (χ2n) is 5.98. The summed E-state index contributed by atoms with van der Waals surface area (Å²) in [5.41, 5.74) is 12.8. The van der Waals surface area contributed by atoms with Crippen molar-refractivity contribution in [2.75, 3.05) is 6.54 Å². The number of nitrogens with one attached hydrogen (secondary N) is 1. The van der Waals surface area contributed by atoms with Crippen molar-refractivity contribution in [3.63, 3.8) is 0 Å². The fourth-order valence-corrected chi connectivity index (χ4v) is 3.86. The highest BCUT2D eigenvalue weighted by Crippen LogP contribution is 2.42. The summed E-state index contributed by atoms with van der Waals surface area (Å²) in [6.07, 6.45) is 7.12. The van der Waals surface area contributed by atoms with Crippen LogP contribution < -0.4 is 21.5 Å². The number of fused-ring (bicyclic) bond motifs is 2. The van der Waals surface area contributed by atoms with E-state index < -0.39 is 0 Å². The van der Waals surface area contributed by atoms with Crippen LogP contribution in [0.4, 0.5) is 0 Å². The van der Waals surface area contributed by atoms with E-state index >= 15 is 0 Å². The van der Waals surface area contributed by atoms with E-state index in [1.165, 1.54) is 11.1 Å². The van der Waals surface area contributed by atoms with Crippen LogP contribution in [-0.2, 0) is 4.79 Å². The minimum atomic E-state index is 0.0928. The molecular weight excluding hydrogens is 272 g/mol. The van der Waals surface area contributed by atoms with Gasteiger partial charge >= 0.3 is 0 Å². The first-order valence-corrected chi connectivity index (χ1v) is 7.49. The smallest absolute Gasteiger partial charge is 0.210 e. The Balaban J connectivity index is 1.96. The average Bonchev–Trinajstić information content (AvgIpc) is 2.88. The summed E-state index contributed by atoms with van der Waals surface area (Å²) in [4.78, 5) is 13.0. The first kappa shape index (κ1) is 11.8. The second kappa shape index (κ2) is 3.89. The molecule has 0 amide bonds. The molecule has 1 aromatic rings. The zero-order chi connectivity index (χ0) is 14.8. The van der Waals surface area contributed by atoms with Crippen LogP contribution in [0.3, 0.4) is 0 Å². The van der Waals surface area contributed by atoms with Crippen molar-refractivity contribution in [3.05, 3.63) is 81.0 Å². The highest BCUT2D eigenvalue weighted by molar-refractivity contribution is 6.34. The van der Waals surface area contributed by atoms with Gasteiger partial charge in [-0.05, 0) is 39.7 Å². The van der Waals surface area contributed by atoms with Gasteiger partial charge in [0, 0.05) is 16.8 Å². The Hall–Kier alpha value is -2.81. The predicted octanol–water partition coefficient (Wildman–Crippen LogP) is 0.541. The van der Waals surface area contributed by atoms with Gasteiger partial charge in [0.05, 0.1) is 12.2 Å². The third-order valence-corrected chi connectivity index (χ3v) is 4.76. The number of Topliss-reactive ketones (excluding diaryl/α,β-unsaturated/α-hetero) is 1. The van der Waals surface area contributed by atoms with Gasteiger partial charge in [-0.3, -0.25) is 4.79 Å². The van der Waals surface area contributed by atoms with Gasteiger partial charge in [0.2, 0.25) is 5.78 Å². The molecule has 5 rings (SSSR count). The highest BCUT2D eigenvalue weighted by atomic mass is 16.1. The quantitative estimate of drug-likeness (QED) is 0.732. The number of hydrogen-bond donors (Lipinski definition) is 2. The number of allylic oxidation sites excluding steroid dienone is 7. The van der Waals surface area contributed by atoms with Gasteiger partial charge < -0.3 is 11.1 Å². The van der Waals surface area contributed by atoms with Gasteiger partial charge in [-0.2, -0.15) is 0 Å². The van der Waals surface area contributed by atoms with Gasteiger partial charge in [-0.1, -0.05) is 36.4 Å². The van der Waals surface area contributed by atoms with Crippen LogP contribution in [-0.4, -0.2) is 12.3 Å². The molecule has 0 fully saturated rings. The summed E-state index contributed by atoms with van der Waals surface area (Å²) in [7, 11) is 0. The normalized spacial score (nSPS) is 21.5. The van der Waals surface area contributed by atoms with Crippen LogP contribution in [0.5, 0.6) is 0 Å². The zero-order valence-corrected chi connectivity index (χ0v) is 11.9. The molecule has 1 aromatic carbocycles. The van der Waals surface area contributed by atoms with Crippen molar-refractivity contribution in [2.45, 2.75) is 6.42 Å². The Morgan fingerprint density at radius 1 is 1.05 bits per heavy atom. The maximum atomic E-state index is 13.0. The first-order valence-electron chi connectivity index (χ1n) is 7.49. The van der Waals surface area contributed by atoms with Crippen molar-refractivity contribution in [2.24, 2.45) is 5.73 Å². The molecule has 0 unspecified atom stereocenters. The van der Waals surface area contributed by atoms with E-state index in [4.69, 9.17) is 5.73 Å². The van der Waals surface area contributed by atoms with Crippen LogP contribution >= 0.6 is 0 Å².